The summed E-state index contributed by atoms with van der Waals surface area (Å²) < 4.78 is 27.9. The number of carboxylic acids is 2. The summed E-state index contributed by atoms with van der Waals surface area (Å²) >= 11 is 1.22. The van der Waals surface area contributed by atoms with Gasteiger partial charge in [0, 0.05) is 61.4 Å². The molecule has 2 amide bonds. The van der Waals surface area contributed by atoms with Gasteiger partial charge in [-0.25, -0.2) is 18.8 Å². The Hall–Kier alpha value is -5.58. The number of Topliss-reactive ketones (excluding diaryl/α,β-unsaturated/α-hetero) is 1. The van der Waals surface area contributed by atoms with E-state index in [2.05, 4.69) is 5.32 Å². The number of nitrogens with zero attached hydrogens (tertiary/aromatic N) is 4. The second-order valence-corrected chi connectivity index (χ2v) is 13.1. The summed E-state index contributed by atoms with van der Waals surface area (Å²) in [6.07, 6.45) is 0.525. The van der Waals surface area contributed by atoms with Crippen LogP contribution in [0, 0.1) is 5.82 Å². The Morgan fingerprint density at radius 3 is 2.39 bits per heavy atom. The van der Waals surface area contributed by atoms with E-state index in [0.29, 0.717) is 17.8 Å². The quantitative estimate of drug-likeness (QED) is 0.276. The number of benzene rings is 2. The Bertz CT molecular complexity index is 2010. The molecule has 2 saturated heterocycles. The number of amides is 2. The van der Waals surface area contributed by atoms with Gasteiger partial charge < -0.3 is 44.3 Å². The van der Waals surface area contributed by atoms with E-state index in [9.17, 15) is 39.0 Å². The molecule has 2 aromatic carbocycles. The van der Waals surface area contributed by atoms with E-state index in [4.69, 9.17) is 9.47 Å². The van der Waals surface area contributed by atoms with Crippen LogP contribution in [0.1, 0.15) is 17.3 Å². The van der Waals surface area contributed by atoms with Crippen LogP contribution in [-0.2, 0) is 25.7 Å². The molecule has 3 aromatic rings. The van der Waals surface area contributed by atoms with Crippen LogP contribution in [0.15, 0.2) is 64.7 Å². The van der Waals surface area contributed by atoms with Crippen LogP contribution in [0.2, 0.25) is 0 Å². The van der Waals surface area contributed by atoms with Crippen LogP contribution < -0.4 is 20.4 Å². The van der Waals surface area contributed by atoms with E-state index in [-0.39, 0.29) is 85.6 Å². The highest BCUT2D eigenvalue weighted by Crippen LogP contribution is 2.38. The number of ether oxygens (including phenoxy) is 2. The van der Waals surface area contributed by atoms with E-state index in [1.54, 1.807) is 46.7 Å². The molecule has 0 aliphatic carbocycles. The predicted molar refractivity (Wildman–Crippen MR) is 182 cm³/mol. The second kappa shape index (κ2) is 14.3. The number of nitrogens with one attached hydrogen (secondary N) is 1. The summed E-state index contributed by atoms with van der Waals surface area (Å²) in [5, 5.41) is 22.2. The van der Waals surface area contributed by atoms with Crippen molar-refractivity contribution in [3.8, 4) is 5.75 Å². The Kier molecular flexibility index (Phi) is 9.91. The molecule has 3 aliphatic rings. The van der Waals surface area contributed by atoms with Crippen molar-refractivity contribution in [2.24, 2.45) is 0 Å². The third-order valence-corrected chi connectivity index (χ3v) is 10.2. The number of fused-ring (bicyclic) bond motifs is 2. The fraction of sp³-hybridized carbons (Fsp3) is 0.353. The number of ketones is 1. The summed E-state index contributed by atoms with van der Waals surface area (Å²) in [5.41, 5.74) is -2.21. The molecule has 17 heteroatoms. The molecule has 0 radical (unpaired) electrons. The van der Waals surface area contributed by atoms with Gasteiger partial charge in [0.1, 0.15) is 29.4 Å². The highest BCUT2D eigenvalue weighted by Gasteiger charge is 2.57. The molecule has 1 aromatic heterocycles. The minimum atomic E-state index is -1.58. The maximum Gasteiger partial charge on any atom is 0.410 e. The van der Waals surface area contributed by atoms with E-state index < -0.39 is 46.4 Å². The van der Waals surface area contributed by atoms with Crippen molar-refractivity contribution in [3.63, 3.8) is 0 Å². The van der Waals surface area contributed by atoms with Crippen molar-refractivity contribution >= 4 is 58.1 Å². The molecule has 6 rings (SSSR count). The van der Waals surface area contributed by atoms with Gasteiger partial charge in [-0.3, -0.25) is 14.4 Å². The summed E-state index contributed by atoms with van der Waals surface area (Å²) in [7, 11) is 0. The SMILES string of the molecule is CCn1cc(C(=O)O)c(=O)c2cc(F)c(N3CCN(C(=O)OCC4=C(C(=O)O)N5CC(=O)C5(NC(=O)COc5ccccc5)CSC4)CC3)cc21. The highest BCUT2D eigenvalue weighted by atomic mass is 32.2. The number of aromatic carboxylic acids is 1. The molecule has 1 atom stereocenters. The molecule has 3 aliphatic heterocycles. The van der Waals surface area contributed by atoms with Crippen LogP contribution in [0.3, 0.4) is 0 Å². The maximum absolute atomic E-state index is 15.3. The van der Waals surface area contributed by atoms with Gasteiger partial charge in [0.25, 0.3) is 5.91 Å². The average Bonchev–Trinajstić information content (AvgIpc) is 3.24. The number of halogens is 1. The largest absolute Gasteiger partial charge is 0.484 e. The van der Waals surface area contributed by atoms with Gasteiger partial charge in [-0.15, -0.1) is 0 Å². The normalized spacial score (nSPS) is 18.9. The molecule has 268 valence electrons. The standard InChI is InChI=1S/C34H34FN5O10S/c1-2-37-14-23(31(44)45)30(43)22-12-24(35)26(13-25(22)37)38-8-10-39(11-9-38)33(48)50-16-20-18-51-19-34(27(41)15-40(34)29(20)32(46)47)36-28(42)17-49-21-6-4-3-5-7-21/h3-7,12-14H,2,8-11,15-19H2,1H3,(H,36,42)(H,44,45)(H,46,47). The zero-order valence-corrected chi connectivity index (χ0v) is 28.2. The molecule has 0 bridgehead atoms. The number of aryl methyl sites for hydroxylation is 1. The second-order valence-electron chi connectivity index (χ2n) is 12.1. The van der Waals surface area contributed by atoms with Crippen molar-refractivity contribution in [2.75, 3.05) is 62.3 Å². The molecule has 4 heterocycles. The lowest BCUT2D eigenvalue weighted by Gasteiger charge is -2.51. The van der Waals surface area contributed by atoms with Crippen molar-refractivity contribution in [1.82, 2.24) is 19.7 Å². The number of rotatable bonds is 10. The Balaban J connectivity index is 1.10. The number of pyridine rings is 1. The number of hydrogen-bond acceptors (Lipinski definition) is 11. The van der Waals surface area contributed by atoms with Gasteiger partial charge in [-0.05, 0) is 31.2 Å². The van der Waals surface area contributed by atoms with Crippen molar-refractivity contribution in [1.29, 1.82) is 0 Å². The Morgan fingerprint density at radius 2 is 1.75 bits per heavy atom. The van der Waals surface area contributed by atoms with E-state index in [0.717, 1.165) is 6.07 Å². The van der Waals surface area contributed by atoms with Crippen molar-refractivity contribution in [2.45, 2.75) is 19.1 Å². The lowest BCUT2D eigenvalue weighted by Crippen LogP contribution is -2.77. The van der Waals surface area contributed by atoms with Crippen LogP contribution >= 0.6 is 11.8 Å². The Labute approximate surface area is 294 Å². The zero-order valence-electron chi connectivity index (χ0n) is 27.4. The number of carbonyl (C=O) groups excluding carboxylic acids is 3. The van der Waals surface area contributed by atoms with Gasteiger partial charge in [-0.2, -0.15) is 11.8 Å². The summed E-state index contributed by atoms with van der Waals surface area (Å²) in [6, 6.07) is 11.2. The first-order valence-electron chi connectivity index (χ1n) is 16.0. The third kappa shape index (κ3) is 6.80. The number of piperazine rings is 1. The molecule has 1 unspecified atom stereocenters. The van der Waals surface area contributed by atoms with Crippen LogP contribution in [0.5, 0.6) is 5.75 Å². The summed E-state index contributed by atoms with van der Waals surface area (Å²) in [4.78, 5) is 80.0. The van der Waals surface area contributed by atoms with E-state index in [1.165, 1.54) is 33.8 Å². The lowest BCUT2D eigenvalue weighted by atomic mass is 9.92. The fourth-order valence-corrected chi connectivity index (χ4v) is 7.64. The first kappa shape index (κ1) is 35.3. The Morgan fingerprint density at radius 1 is 1.02 bits per heavy atom. The topological polar surface area (TPSA) is 188 Å². The summed E-state index contributed by atoms with van der Waals surface area (Å²) in [5.74, 6) is -3.76. The molecule has 51 heavy (non-hydrogen) atoms. The molecule has 3 N–H and O–H groups in total. The molecular weight excluding hydrogens is 689 g/mol. The van der Waals surface area contributed by atoms with Crippen molar-refractivity contribution in [3.05, 3.63) is 81.5 Å². The number of carboxylic acid groups (broad SMARTS) is 2. The van der Waals surface area contributed by atoms with E-state index in [1.807, 2.05) is 0 Å². The minimum Gasteiger partial charge on any atom is -0.484 e. The van der Waals surface area contributed by atoms with Gasteiger partial charge in [0.2, 0.25) is 5.43 Å². The number of hydrogen-bond donors (Lipinski definition) is 3. The van der Waals surface area contributed by atoms with E-state index >= 15 is 4.39 Å². The number of thioether (sulfide) groups is 1. The monoisotopic (exact) mass is 723 g/mol. The molecule has 15 nitrogen and oxygen atoms in total. The summed E-state index contributed by atoms with van der Waals surface area (Å²) in [6.45, 7) is 1.83. The van der Waals surface area contributed by atoms with Crippen LogP contribution in [-0.4, -0.2) is 117 Å². The molecule has 0 saturated carbocycles. The van der Waals surface area contributed by atoms with Crippen molar-refractivity contribution < 1.29 is 48.0 Å². The highest BCUT2D eigenvalue weighted by molar-refractivity contribution is 7.99. The number of para-hydroxylation sites is 1. The third-order valence-electron chi connectivity index (χ3n) is 9.05. The molecule has 2 fully saturated rings. The van der Waals surface area contributed by atoms with Crippen LogP contribution in [0.4, 0.5) is 14.9 Å². The van der Waals surface area contributed by atoms with Gasteiger partial charge in [0.15, 0.2) is 18.1 Å². The number of aliphatic carboxylic acids is 1. The van der Waals surface area contributed by atoms with Gasteiger partial charge in [0.05, 0.1) is 17.7 Å². The molecular formula is C34H34FN5O10S. The zero-order chi connectivity index (χ0) is 36.4. The smallest absolute Gasteiger partial charge is 0.410 e. The van der Waals surface area contributed by atoms with Gasteiger partial charge in [-0.1, -0.05) is 18.2 Å². The van der Waals surface area contributed by atoms with Gasteiger partial charge >= 0.3 is 18.0 Å². The first-order chi connectivity index (χ1) is 24.4. The van der Waals surface area contributed by atoms with Crippen LogP contribution in [0.25, 0.3) is 10.9 Å². The number of carbonyl (C=O) groups is 5. The fourth-order valence-electron chi connectivity index (χ4n) is 6.39. The number of aromatic nitrogens is 1. The number of anilines is 1. The first-order valence-corrected chi connectivity index (χ1v) is 17.2. The minimum absolute atomic E-state index is 0.0498. The molecule has 0 spiro atoms. The average molecular weight is 724 g/mol. The maximum atomic E-state index is 15.3. The lowest BCUT2D eigenvalue weighted by molar-refractivity contribution is -0.154. The predicted octanol–water partition coefficient (Wildman–Crippen LogP) is 1.98.